The molecule has 2 aromatic heterocycles. The summed E-state index contributed by atoms with van der Waals surface area (Å²) in [5.41, 5.74) is 5.68. The Labute approximate surface area is 102 Å². The quantitative estimate of drug-likeness (QED) is 0.523. The number of nitrogens with two attached hydrogens (primary N) is 1. The molecular formula is C10H15N5O3. The predicted octanol–water partition coefficient (Wildman–Crippen LogP) is -1.31. The summed E-state index contributed by atoms with van der Waals surface area (Å²) in [4.78, 5) is 21.9. The molecule has 1 atom stereocenters. The number of nitrogen functional groups attached to an aromatic ring is 1. The van der Waals surface area contributed by atoms with Crippen LogP contribution in [0.1, 0.15) is 6.42 Å². The Morgan fingerprint density at radius 1 is 1.50 bits per heavy atom. The van der Waals surface area contributed by atoms with E-state index in [1.54, 1.807) is 4.57 Å². The molecule has 0 aliphatic rings. The Balaban J connectivity index is 2.37. The van der Waals surface area contributed by atoms with Crippen molar-refractivity contribution >= 4 is 17.1 Å². The minimum absolute atomic E-state index is 0.00595. The van der Waals surface area contributed by atoms with Crippen LogP contribution in [0.2, 0.25) is 0 Å². The van der Waals surface area contributed by atoms with E-state index in [1.807, 2.05) is 0 Å². The van der Waals surface area contributed by atoms with Crippen LogP contribution in [0.3, 0.4) is 0 Å². The molecule has 0 bridgehead atoms. The van der Waals surface area contributed by atoms with Crippen LogP contribution in [0.4, 0.5) is 5.95 Å². The zero-order chi connectivity index (χ0) is 13.1. The Hall–Kier alpha value is -1.93. The fourth-order valence-corrected chi connectivity index (χ4v) is 1.81. The number of rotatable bonds is 5. The lowest BCUT2D eigenvalue weighted by Crippen LogP contribution is -2.17. The molecule has 0 radical (unpaired) electrons. The van der Waals surface area contributed by atoms with Crippen molar-refractivity contribution in [2.75, 3.05) is 18.9 Å². The zero-order valence-electron chi connectivity index (χ0n) is 9.70. The van der Waals surface area contributed by atoms with E-state index in [1.165, 1.54) is 6.33 Å². The van der Waals surface area contributed by atoms with Gasteiger partial charge in [-0.2, -0.15) is 4.98 Å². The van der Waals surface area contributed by atoms with Gasteiger partial charge >= 0.3 is 0 Å². The largest absolute Gasteiger partial charge is 0.396 e. The van der Waals surface area contributed by atoms with Crippen LogP contribution >= 0.6 is 0 Å². The third-order valence-electron chi connectivity index (χ3n) is 2.74. The average Bonchev–Trinajstić information content (AvgIpc) is 2.72. The summed E-state index contributed by atoms with van der Waals surface area (Å²) in [7, 11) is 0. The van der Waals surface area contributed by atoms with Gasteiger partial charge in [0, 0.05) is 25.7 Å². The van der Waals surface area contributed by atoms with Gasteiger partial charge in [0.05, 0.1) is 6.33 Å². The lowest BCUT2D eigenvalue weighted by Gasteiger charge is -2.13. The Kier molecular flexibility index (Phi) is 3.58. The molecule has 2 rings (SSSR count). The first kappa shape index (κ1) is 12.5. The fourth-order valence-electron chi connectivity index (χ4n) is 1.81. The summed E-state index contributed by atoms with van der Waals surface area (Å²) in [6.45, 7) is 0.358. The molecule has 1 unspecified atom stereocenters. The van der Waals surface area contributed by atoms with Crippen LogP contribution in [-0.2, 0) is 6.54 Å². The summed E-state index contributed by atoms with van der Waals surface area (Å²) in [6, 6.07) is 0. The van der Waals surface area contributed by atoms with Crippen molar-refractivity contribution in [3.63, 3.8) is 0 Å². The topological polar surface area (TPSA) is 130 Å². The summed E-state index contributed by atoms with van der Waals surface area (Å²) >= 11 is 0. The van der Waals surface area contributed by atoms with Crippen LogP contribution in [-0.4, -0.2) is 42.9 Å². The second-order valence-corrected chi connectivity index (χ2v) is 4.08. The normalized spacial score (nSPS) is 13.0. The first-order valence-corrected chi connectivity index (χ1v) is 5.58. The van der Waals surface area contributed by atoms with Crippen LogP contribution in [0.5, 0.6) is 0 Å². The number of fused-ring (bicyclic) bond motifs is 1. The molecule has 0 aliphatic carbocycles. The molecule has 98 valence electrons. The molecule has 0 aromatic carbocycles. The highest BCUT2D eigenvalue weighted by atomic mass is 16.3. The lowest BCUT2D eigenvalue weighted by molar-refractivity contribution is 0.171. The number of hydrogen-bond acceptors (Lipinski definition) is 6. The number of aromatic nitrogens is 4. The second kappa shape index (κ2) is 5.15. The van der Waals surface area contributed by atoms with E-state index in [0.717, 1.165) is 0 Å². The molecule has 0 amide bonds. The van der Waals surface area contributed by atoms with E-state index < -0.39 is 0 Å². The minimum Gasteiger partial charge on any atom is -0.396 e. The molecular weight excluding hydrogens is 238 g/mol. The van der Waals surface area contributed by atoms with E-state index in [-0.39, 0.29) is 36.2 Å². The lowest BCUT2D eigenvalue weighted by atomic mass is 10.1. The van der Waals surface area contributed by atoms with Crippen LogP contribution in [0, 0.1) is 5.92 Å². The summed E-state index contributed by atoms with van der Waals surface area (Å²) < 4.78 is 1.65. The highest BCUT2D eigenvalue weighted by molar-refractivity contribution is 5.70. The molecule has 5 N–H and O–H groups in total. The van der Waals surface area contributed by atoms with Gasteiger partial charge in [-0.1, -0.05) is 0 Å². The van der Waals surface area contributed by atoms with Crippen LogP contribution in [0.15, 0.2) is 11.1 Å². The third kappa shape index (κ3) is 2.34. The maximum absolute atomic E-state index is 11.6. The van der Waals surface area contributed by atoms with Crippen molar-refractivity contribution < 1.29 is 10.2 Å². The number of aliphatic hydroxyl groups excluding tert-OH is 2. The molecule has 2 aromatic rings. The van der Waals surface area contributed by atoms with Gasteiger partial charge in [0.1, 0.15) is 0 Å². The highest BCUT2D eigenvalue weighted by Crippen LogP contribution is 2.11. The number of nitrogens with zero attached hydrogens (tertiary/aromatic N) is 3. The number of anilines is 1. The van der Waals surface area contributed by atoms with Crippen LogP contribution < -0.4 is 11.3 Å². The monoisotopic (exact) mass is 253 g/mol. The first-order valence-electron chi connectivity index (χ1n) is 5.58. The molecule has 2 heterocycles. The smallest absolute Gasteiger partial charge is 0.280 e. The van der Waals surface area contributed by atoms with Crippen molar-refractivity contribution in [3.05, 3.63) is 16.7 Å². The average molecular weight is 253 g/mol. The maximum Gasteiger partial charge on any atom is 0.280 e. The van der Waals surface area contributed by atoms with Gasteiger partial charge in [-0.05, 0) is 6.42 Å². The Bertz CT molecular complexity index is 591. The van der Waals surface area contributed by atoms with Crippen molar-refractivity contribution in [2.45, 2.75) is 13.0 Å². The summed E-state index contributed by atoms with van der Waals surface area (Å²) in [6.07, 6.45) is 1.95. The number of hydrogen-bond donors (Lipinski definition) is 4. The zero-order valence-corrected chi connectivity index (χ0v) is 9.70. The SMILES string of the molecule is Nc1nc2c(ncn2CC(CO)CCO)c(=O)[nH]1. The minimum atomic E-state index is -0.390. The van der Waals surface area contributed by atoms with Gasteiger partial charge in [-0.15, -0.1) is 0 Å². The molecule has 0 spiro atoms. The van der Waals surface area contributed by atoms with Crippen molar-refractivity contribution in [2.24, 2.45) is 5.92 Å². The van der Waals surface area contributed by atoms with Gasteiger partial charge in [0.2, 0.25) is 5.95 Å². The van der Waals surface area contributed by atoms with Crippen molar-refractivity contribution in [3.8, 4) is 0 Å². The van der Waals surface area contributed by atoms with E-state index in [2.05, 4.69) is 15.0 Å². The predicted molar refractivity (Wildman–Crippen MR) is 64.8 cm³/mol. The van der Waals surface area contributed by atoms with Gasteiger partial charge in [0.15, 0.2) is 11.2 Å². The summed E-state index contributed by atoms with van der Waals surface area (Å²) in [5, 5.41) is 18.1. The molecule has 18 heavy (non-hydrogen) atoms. The fraction of sp³-hybridized carbons (Fsp3) is 0.500. The molecule has 0 saturated heterocycles. The number of nitrogens with one attached hydrogen (secondary N) is 1. The molecule has 0 aliphatic heterocycles. The van der Waals surface area contributed by atoms with Crippen LogP contribution in [0.25, 0.3) is 11.2 Å². The molecule has 0 saturated carbocycles. The number of aliphatic hydroxyl groups is 2. The van der Waals surface area contributed by atoms with Gasteiger partial charge in [-0.3, -0.25) is 9.78 Å². The van der Waals surface area contributed by atoms with E-state index in [4.69, 9.17) is 10.8 Å². The second-order valence-electron chi connectivity index (χ2n) is 4.08. The number of imidazole rings is 1. The Morgan fingerprint density at radius 3 is 2.94 bits per heavy atom. The standard InChI is InChI=1S/C10H15N5O3/c11-10-13-8-7(9(18)14-10)12-5-15(8)3-6(4-17)1-2-16/h5-6,16-17H,1-4H2,(H3,11,13,14,18). The number of H-pyrrole nitrogens is 1. The summed E-state index contributed by atoms with van der Waals surface area (Å²) in [5.74, 6) is -0.0910. The molecule has 8 heteroatoms. The van der Waals surface area contributed by atoms with Gasteiger partial charge in [0.25, 0.3) is 5.56 Å². The van der Waals surface area contributed by atoms with Gasteiger partial charge < -0.3 is 20.5 Å². The van der Waals surface area contributed by atoms with Crippen molar-refractivity contribution in [1.82, 2.24) is 19.5 Å². The first-order chi connectivity index (χ1) is 8.65. The van der Waals surface area contributed by atoms with E-state index in [9.17, 15) is 9.90 Å². The van der Waals surface area contributed by atoms with Crippen molar-refractivity contribution in [1.29, 1.82) is 0 Å². The van der Waals surface area contributed by atoms with E-state index in [0.29, 0.717) is 18.6 Å². The number of aromatic amines is 1. The maximum atomic E-state index is 11.6. The van der Waals surface area contributed by atoms with E-state index >= 15 is 0 Å². The van der Waals surface area contributed by atoms with Gasteiger partial charge in [-0.25, -0.2) is 4.98 Å². The molecule has 8 nitrogen and oxygen atoms in total. The Morgan fingerprint density at radius 2 is 2.28 bits per heavy atom. The third-order valence-corrected chi connectivity index (χ3v) is 2.74. The highest BCUT2D eigenvalue weighted by Gasteiger charge is 2.13. The molecule has 0 fully saturated rings.